The molecule has 0 bridgehead atoms. The van der Waals surface area contributed by atoms with Crippen LogP contribution in [-0.2, 0) is 9.53 Å². The molecule has 1 aliphatic carbocycles. The highest BCUT2D eigenvalue weighted by atomic mass is 35.5. The van der Waals surface area contributed by atoms with Crippen molar-refractivity contribution in [3.8, 4) is 0 Å². The molecule has 1 aliphatic heterocycles. The Hall–Kier alpha value is -0.360. The highest BCUT2D eigenvalue weighted by Gasteiger charge is 2.35. The Bertz CT molecular complexity index is 343. The molecule has 1 heterocycles. The van der Waals surface area contributed by atoms with Crippen LogP contribution in [-0.4, -0.2) is 56.2 Å². The van der Waals surface area contributed by atoms with Gasteiger partial charge in [0.2, 0.25) is 5.91 Å². The summed E-state index contributed by atoms with van der Waals surface area (Å²) in [5.74, 6) is 0.0220. The molecule has 1 saturated carbocycles. The average Bonchev–Trinajstić information content (AvgIpc) is 2.55. The molecule has 1 amide bonds. The summed E-state index contributed by atoms with van der Waals surface area (Å²) in [5.41, 5.74) is 6.17. The second-order valence-electron chi connectivity index (χ2n) is 7.06. The fraction of sp³-hybridized carbons (Fsp3) is 0.941. The van der Waals surface area contributed by atoms with E-state index in [2.05, 4.69) is 17.1 Å². The molecule has 0 aromatic heterocycles. The molecule has 2 rings (SSSR count). The van der Waals surface area contributed by atoms with Crippen LogP contribution in [0.2, 0.25) is 0 Å². The van der Waals surface area contributed by atoms with Gasteiger partial charge in [0.25, 0.3) is 0 Å². The lowest BCUT2D eigenvalue weighted by molar-refractivity contribution is -0.123. The van der Waals surface area contributed by atoms with Gasteiger partial charge in [-0.3, -0.25) is 9.69 Å². The summed E-state index contributed by atoms with van der Waals surface area (Å²) in [6, 6.07) is -0.353. The van der Waals surface area contributed by atoms with E-state index < -0.39 is 0 Å². The molecule has 136 valence electrons. The molecule has 1 saturated heterocycles. The van der Waals surface area contributed by atoms with E-state index in [0.29, 0.717) is 0 Å². The van der Waals surface area contributed by atoms with Crippen LogP contribution in [0.1, 0.15) is 51.9 Å². The van der Waals surface area contributed by atoms with Crippen LogP contribution >= 0.6 is 12.4 Å². The smallest absolute Gasteiger partial charge is 0.236 e. The third kappa shape index (κ3) is 6.57. The van der Waals surface area contributed by atoms with Gasteiger partial charge in [0.15, 0.2) is 0 Å². The molecule has 0 aromatic carbocycles. The second-order valence-corrected chi connectivity index (χ2v) is 7.06. The van der Waals surface area contributed by atoms with Gasteiger partial charge in [-0.15, -0.1) is 12.4 Å². The van der Waals surface area contributed by atoms with Gasteiger partial charge < -0.3 is 15.8 Å². The third-order valence-electron chi connectivity index (χ3n) is 5.15. The lowest BCUT2D eigenvalue weighted by Gasteiger charge is -2.42. The number of halogens is 1. The second kappa shape index (κ2) is 10.5. The molecule has 3 N–H and O–H groups in total. The van der Waals surface area contributed by atoms with Crippen LogP contribution in [0, 0.1) is 5.41 Å². The molecular weight excluding hydrogens is 314 g/mol. The number of morpholine rings is 1. The molecule has 2 fully saturated rings. The van der Waals surface area contributed by atoms with Crippen molar-refractivity contribution in [2.45, 2.75) is 57.9 Å². The van der Waals surface area contributed by atoms with Crippen molar-refractivity contribution in [3.63, 3.8) is 0 Å². The maximum Gasteiger partial charge on any atom is 0.236 e. The predicted molar refractivity (Wildman–Crippen MR) is 95.9 cm³/mol. The summed E-state index contributed by atoms with van der Waals surface area (Å²) >= 11 is 0. The van der Waals surface area contributed by atoms with Crippen LogP contribution < -0.4 is 11.1 Å². The first-order chi connectivity index (χ1) is 10.7. The highest BCUT2D eigenvalue weighted by molar-refractivity contribution is 5.85. The van der Waals surface area contributed by atoms with Gasteiger partial charge in [0.1, 0.15) is 0 Å². The summed E-state index contributed by atoms with van der Waals surface area (Å²) in [5, 5.41) is 3.15. The Labute approximate surface area is 147 Å². The zero-order valence-electron chi connectivity index (χ0n) is 14.5. The van der Waals surface area contributed by atoms with Crippen molar-refractivity contribution in [1.29, 1.82) is 0 Å². The number of carbonyl (C=O) groups excluding carboxylic acids is 1. The average molecular weight is 348 g/mol. The minimum absolute atomic E-state index is 0. The van der Waals surface area contributed by atoms with Gasteiger partial charge in [0.05, 0.1) is 19.3 Å². The van der Waals surface area contributed by atoms with Crippen molar-refractivity contribution in [3.05, 3.63) is 0 Å². The Kier molecular flexibility index (Phi) is 9.44. The number of ether oxygens (including phenoxy) is 1. The first kappa shape index (κ1) is 20.7. The normalized spacial score (nSPS) is 22.9. The van der Waals surface area contributed by atoms with Gasteiger partial charge in [0, 0.05) is 31.6 Å². The Balaban J connectivity index is 0.00000264. The van der Waals surface area contributed by atoms with Crippen LogP contribution in [0.5, 0.6) is 0 Å². The molecule has 0 aromatic rings. The molecule has 23 heavy (non-hydrogen) atoms. The minimum Gasteiger partial charge on any atom is -0.379 e. The zero-order valence-corrected chi connectivity index (χ0v) is 15.3. The molecular formula is C17H34ClN3O2. The number of nitrogens with one attached hydrogen (secondary N) is 1. The first-order valence-electron chi connectivity index (χ1n) is 8.99. The summed E-state index contributed by atoms with van der Waals surface area (Å²) in [6.07, 6.45) is 8.04. The van der Waals surface area contributed by atoms with Crippen LogP contribution in [0.25, 0.3) is 0 Å². The summed E-state index contributed by atoms with van der Waals surface area (Å²) in [4.78, 5) is 14.6. The largest absolute Gasteiger partial charge is 0.379 e. The zero-order chi connectivity index (χ0) is 15.8. The molecule has 1 atom stereocenters. The molecule has 2 aliphatic rings. The number of amides is 1. The topological polar surface area (TPSA) is 67.6 Å². The fourth-order valence-electron chi connectivity index (χ4n) is 3.77. The van der Waals surface area contributed by atoms with Gasteiger partial charge in [-0.05, 0) is 19.3 Å². The van der Waals surface area contributed by atoms with E-state index in [1.54, 1.807) is 0 Å². The van der Waals surface area contributed by atoms with Gasteiger partial charge in [-0.1, -0.05) is 32.6 Å². The van der Waals surface area contributed by atoms with Crippen molar-refractivity contribution in [1.82, 2.24) is 10.2 Å². The quantitative estimate of drug-likeness (QED) is 0.738. The number of nitrogens with zero attached hydrogens (tertiary/aromatic N) is 1. The van der Waals surface area contributed by atoms with E-state index in [9.17, 15) is 4.79 Å². The lowest BCUT2D eigenvalue weighted by atomic mass is 9.73. The van der Waals surface area contributed by atoms with Crippen LogP contribution in [0.4, 0.5) is 0 Å². The Morgan fingerprint density at radius 3 is 2.52 bits per heavy atom. The molecule has 0 spiro atoms. The summed E-state index contributed by atoms with van der Waals surface area (Å²) in [6.45, 7) is 7.64. The molecule has 0 radical (unpaired) electrons. The summed E-state index contributed by atoms with van der Waals surface area (Å²) in [7, 11) is 0. The molecule has 1 unspecified atom stereocenters. The Morgan fingerprint density at radius 2 is 1.91 bits per heavy atom. The van der Waals surface area contributed by atoms with E-state index in [1.807, 2.05) is 0 Å². The minimum atomic E-state index is -0.353. The van der Waals surface area contributed by atoms with Crippen molar-refractivity contribution < 1.29 is 9.53 Å². The van der Waals surface area contributed by atoms with Crippen LogP contribution in [0.15, 0.2) is 0 Å². The highest BCUT2D eigenvalue weighted by Crippen LogP contribution is 2.36. The molecule has 6 heteroatoms. The number of hydrogen-bond donors (Lipinski definition) is 2. The van der Waals surface area contributed by atoms with Crippen LogP contribution in [0.3, 0.4) is 0 Å². The maximum atomic E-state index is 12.1. The van der Waals surface area contributed by atoms with Gasteiger partial charge in [-0.2, -0.15) is 0 Å². The Morgan fingerprint density at radius 1 is 1.26 bits per heavy atom. The van der Waals surface area contributed by atoms with Gasteiger partial charge >= 0.3 is 0 Å². The monoisotopic (exact) mass is 347 g/mol. The number of nitrogens with two attached hydrogens (primary N) is 1. The van der Waals surface area contributed by atoms with E-state index in [4.69, 9.17) is 10.5 Å². The lowest BCUT2D eigenvalue weighted by Crippen LogP contribution is -2.51. The SMILES string of the molecule is CCCC(N)C(=O)NCC1(CN2CCOCC2)CCCCC1.Cl. The molecule has 5 nitrogen and oxygen atoms in total. The number of hydrogen-bond acceptors (Lipinski definition) is 4. The van der Waals surface area contributed by atoms with E-state index >= 15 is 0 Å². The predicted octanol–water partition coefficient (Wildman–Crippen LogP) is 1.93. The summed E-state index contributed by atoms with van der Waals surface area (Å²) < 4.78 is 5.45. The van der Waals surface area contributed by atoms with E-state index in [1.165, 1.54) is 32.1 Å². The third-order valence-corrected chi connectivity index (χ3v) is 5.15. The van der Waals surface area contributed by atoms with E-state index in [-0.39, 0.29) is 29.8 Å². The van der Waals surface area contributed by atoms with E-state index in [0.717, 1.165) is 52.2 Å². The van der Waals surface area contributed by atoms with Crippen molar-refractivity contribution in [2.24, 2.45) is 11.1 Å². The van der Waals surface area contributed by atoms with Crippen molar-refractivity contribution in [2.75, 3.05) is 39.4 Å². The standard InChI is InChI=1S/C17H33N3O2.ClH/c1-2-6-15(18)16(21)19-13-17(7-4-3-5-8-17)14-20-9-11-22-12-10-20;/h15H,2-14,18H2,1H3,(H,19,21);1H. The van der Waals surface area contributed by atoms with Crippen molar-refractivity contribution >= 4 is 18.3 Å². The van der Waals surface area contributed by atoms with Gasteiger partial charge in [-0.25, -0.2) is 0 Å². The maximum absolute atomic E-state index is 12.1. The number of rotatable bonds is 7. The first-order valence-corrected chi connectivity index (χ1v) is 8.99. The number of carbonyl (C=O) groups is 1. The fourth-order valence-corrected chi connectivity index (χ4v) is 3.77.